The molecule has 0 atom stereocenters. The molecule has 4 nitrogen and oxygen atoms in total. The first kappa shape index (κ1) is 16.7. The lowest BCUT2D eigenvalue weighted by atomic mass is 10.2. The lowest BCUT2D eigenvalue weighted by Gasteiger charge is -2.10. The normalized spacial score (nSPS) is 10.1. The molecule has 25 heavy (non-hydrogen) atoms. The van der Waals surface area contributed by atoms with E-state index in [1.807, 2.05) is 12.1 Å². The van der Waals surface area contributed by atoms with E-state index in [0.29, 0.717) is 27.5 Å². The predicted octanol–water partition coefficient (Wildman–Crippen LogP) is 4.84. The molecule has 0 unspecified atom stereocenters. The Bertz CT molecular complexity index is 824. The lowest BCUT2D eigenvalue weighted by Crippen LogP contribution is -2.14. The van der Waals surface area contributed by atoms with Crippen molar-refractivity contribution in [2.24, 2.45) is 0 Å². The third kappa shape index (κ3) is 4.46. The van der Waals surface area contributed by atoms with Crippen LogP contribution in [0.4, 0.5) is 11.4 Å². The van der Waals surface area contributed by atoms with Crippen molar-refractivity contribution in [1.82, 2.24) is 0 Å². The van der Waals surface area contributed by atoms with E-state index in [2.05, 4.69) is 10.6 Å². The van der Waals surface area contributed by atoms with Crippen LogP contribution in [0.15, 0.2) is 78.9 Å². The molecular weight excluding hydrogens is 336 g/mol. The zero-order valence-corrected chi connectivity index (χ0v) is 14.0. The Morgan fingerprint density at radius 2 is 1.04 bits per heavy atom. The smallest absolute Gasteiger partial charge is 0.255 e. The van der Waals surface area contributed by atoms with E-state index in [1.54, 1.807) is 66.7 Å². The summed E-state index contributed by atoms with van der Waals surface area (Å²) in [5.41, 5.74) is 2.09. The molecule has 5 heteroatoms. The van der Waals surface area contributed by atoms with E-state index in [1.165, 1.54) is 0 Å². The highest BCUT2D eigenvalue weighted by molar-refractivity contribution is 6.31. The van der Waals surface area contributed by atoms with Crippen molar-refractivity contribution < 1.29 is 9.59 Å². The van der Waals surface area contributed by atoms with Gasteiger partial charge in [0.25, 0.3) is 11.8 Å². The molecule has 0 heterocycles. The third-order valence-corrected chi connectivity index (χ3v) is 3.70. The van der Waals surface area contributed by atoms with Gasteiger partial charge >= 0.3 is 0 Å². The zero-order chi connectivity index (χ0) is 17.6. The molecule has 0 fully saturated rings. The standard InChI is InChI=1S/C20H15ClN2O2/c21-16-11-17(22-19(24)14-7-3-1-4-8-14)13-18(12-16)23-20(25)15-9-5-2-6-10-15/h1-13H,(H,22,24)(H,23,25). The quantitative estimate of drug-likeness (QED) is 0.707. The third-order valence-electron chi connectivity index (χ3n) is 3.49. The van der Waals surface area contributed by atoms with Gasteiger partial charge in [0.1, 0.15) is 0 Å². The second-order valence-corrected chi connectivity index (χ2v) is 5.81. The topological polar surface area (TPSA) is 58.2 Å². The summed E-state index contributed by atoms with van der Waals surface area (Å²) >= 11 is 6.11. The van der Waals surface area contributed by atoms with E-state index in [9.17, 15) is 9.59 Å². The minimum atomic E-state index is -0.247. The van der Waals surface area contributed by atoms with E-state index in [-0.39, 0.29) is 11.8 Å². The Balaban J connectivity index is 1.76. The Morgan fingerprint density at radius 3 is 1.44 bits per heavy atom. The Hall–Kier alpha value is -3.11. The summed E-state index contributed by atoms with van der Waals surface area (Å²) in [6.07, 6.45) is 0. The number of halogens is 1. The molecule has 0 aromatic heterocycles. The van der Waals surface area contributed by atoms with Gasteiger partial charge in [-0.15, -0.1) is 0 Å². The van der Waals surface area contributed by atoms with Gasteiger partial charge < -0.3 is 10.6 Å². The maximum absolute atomic E-state index is 12.2. The van der Waals surface area contributed by atoms with Gasteiger partial charge in [-0.2, -0.15) is 0 Å². The Morgan fingerprint density at radius 1 is 0.640 bits per heavy atom. The van der Waals surface area contributed by atoms with Gasteiger partial charge in [-0.3, -0.25) is 9.59 Å². The first-order valence-electron chi connectivity index (χ1n) is 7.65. The SMILES string of the molecule is O=C(Nc1cc(Cl)cc(NC(=O)c2ccccc2)c1)c1ccccc1. The van der Waals surface area contributed by atoms with Crippen LogP contribution in [0.1, 0.15) is 20.7 Å². The minimum absolute atomic E-state index is 0.247. The highest BCUT2D eigenvalue weighted by Crippen LogP contribution is 2.23. The summed E-state index contributed by atoms with van der Waals surface area (Å²) in [4.78, 5) is 24.5. The first-order chi connectivity index (χ1) is 12.1. The second kappa shape index (κ2) is 7.64. The number of hydrogen-bond acceptors (Lipinski definition) is 2. The highest BCUT2D eigenvalue weighted by Gasteiger charge is 2.09. The van der Waals surface area contributed by atoms with Gasteiger partial charge in [-0.05, 0) is 42.5 Å². The van der Waals surface area contributed by atoms with Gasteiger partial charge in [0.15, 0.2) is 0 Å². The van der Waals surface area contributed by atoms with Crippen molar-refractivity contribution in [3.05, 3.63) is 95.0 Å². The molecule has 0 saturated heterocycles. The number of carbonyl (C=O) groups excluding carboxylic acids is 2. The molecule has 0 aliphatic rings. The summed E-state index contributed by atoms with van der Waals surface area (Å²) in [7, 11) is 0. The highest BCUT2D eigenvalue weighted by atomic mass is 35.5. The second-order valence-electron chi connectivity index (χ2n) is 5.37. The van der Waals surface area contributed by atoms with E-state index in [0.717, 1.165) is 0 Å². The van der Waals surface area contributed by atoms with Gasteiger partial charge in [0.05, 0.1) is 0 Å². The van der Waals surface area contributed by atoms with Gasteiger partial charge in [-0.25, -0.2) is 0 Å². The van der Waals surface area contributed by atoms with Crippen LogP contribution in [0, 0.1) is 0 Å². The van der Waals surface area contributed by atoms with Crippen LogP contribution in [0.5, 0.6) is 0 Å². The van der Waals surface area contributed by atoms with Crippen LogP contribution in [-0.2, 0) is 0 Å². The number of rotatable bonds is 4. The molecule has 0 aliphatic heterocycles. The minimum Gasteiger partial charge on any atom is -0.322 e. The van der Waals surface area contributed by atoms with Crippen molar-refractivity contribution in [2.45, 2.75) is 0 Å². The summed E-state index contributed by atoms with van der Waals surface area (Å²) < 4.78 is 0. The monoisotopic (exact) mass is 350 g/mol. The lowest BCUT2D eigenvalue weighted by molar-refractivity contribution is 0.101. The van der Waals surface area contributed by atoms with Crippen LogP contribution >= 0.6 is 11.6 Å². The molecule has 0 spiro atoms. The zero-order valence-electron chi connectivity index (χ0n) is 13.2. The number of nitrogens with one attached hydrogen (secondary N) is 2. The molecule has 0 aliphatic carbocycles. The van der Waals surface area contributed by atoms with Gasteiger partial charge in [0.2, 0.25) is 0 Å². The first-order valence-corrected chi connectivity index (χ1v) is 8.03. The summed E-state index contributed by atoms with van der Waals surface area (Å²) in [6, 6.07) is 22.6. The maximum atomic E-state index is 12.2. The van der Waals surface area contributed by atoms with Crippen molar-refractivity contribution in [3.8, 4) is 0 Å². The van der Waals surface area contributed by atoms with Crippen molar-refractivity contribution in [1.29, 1.82) is 0 Å². The average Bonchev–Trinajstić information content (AvgIpc) is 2.62. The van der Waals surface area contributed by atoms with Crippen LogP contribution < -0.4 is 10.6 Å². The summed E-state index contributed by atoms with van der Waals surface area (Å²) in [6.45, 7) is 0. The molecule has 0 saturated carbocycles. The van der Waals surface area contributed by atoms with Crippen molar-refractivity contribution in [2.75, 3.05) is 10.6 Å². The van der Waals surface area contributed by atoms with Crippen LogP contribution in [0.3, 0.4) is 0 Å². The molecule has 0 radical (unpaired) electrons. The molecule has 0 bridgehead atoms. The number of anilines is 2. The maximum Gasteiger partial charge on any atom is 0.255 e. The molecule has 3 aromatic carbocycles. The summed E-state index contributed by atoms with van der Waals surface area (Å²) in [5.74, 6) is -0.494. The fourth-order valence-electron chi connectivity index (χ4n) is 2.32. The van der Waals surface area contributed by atoms with E-state index in [4.69, 9.17) is 11.6 Å². The van der Waals surface area contributed by atoms with Crippen LogP contribution in [0.25, 0.3) is 0 Å². The molecule has 2 N–H and O–H groups in total. The Kier molecular flexibility index (Phi) is 5.11. The molecular formula is C20H15ClN2O2. The fourth-order valence-corrected chi connectivity index (χ4v) is 2.55. The fraction of sp³-hybridized carbons (Fsp3) is 0. The van der Waals surface area contributed by atoms with Crippen molar-refractivity contribution in [3.63, 3.8) is 0 Å². The van der Waals surface area contributed by atoms with Gasteiger partial charge in [-0.1, -0.05) is 48.0 Å². The Labute approximate surface area is 150 Å². The summed E-state index contributed by atoms with van der Waals surface area (Å²) in [5, 5.41) is 5.97. The number of hydrogen-bond donors (Lipinski definition) is 2. The molecule has 3 rings (SSSR count). The van der Waals surface area contributed by atoms with Crippen molar-refractivity contribution >= 4 is 34.8 Å². The van der Waals surface area contributed by atoms with E-state index >= 15 is 0 Å². The number of amides is 2. The van der Waals surface area contributed by atoms with E-state index < -0.39 is 0 Å². The predicted molar refractivity (Wildman–Crippen MR) is 100 cm³/mol. The molecule has 3 aromatic rings. The largest absolute Gasteiger partial charge is 0.322 e. The molecule has 124 valence electrons. The van der Waals surface area contributed by atoms with Crippen LogP contribution in [0.2, 0.25) is 5.02 Å². The average molecular weight is 351 g/mol. The number of benzene rings is 3. The number of carbonyl (C=O) groups is 2. The van der Waals surface area contributed by atoms with Gasteiger partial charge in [0, 0.05) is 27.5 Å². The van der Waals surface area contributed by atoms with Crippen LogP contribution in [-0.4, -0.2) is 11.8 Å². The molecule has 2 amide bonds.